The Balaban J connectivity index is 2.78. The number of aliphatic hydroxyl groups excluding tert-OH is 1. The fourth-order valence-electron chi connectivity index (χ4n) is 1.70. The Morgan fingerprint density at radius 2 is 2.18 bits per heavy atom. The molecule has 0 aromatic heterocycles. The minimum atomic E-state index is -0.363. The summed E-state index contributed by atoms with van der Waals surface area (Å²) in [5.41, 5.74) is 0.940. The van der Waals surface area contributed by atoms with Gasteiger partial charge in [0.2, 0.25) is 0 Å². The van der Waals surface area contributed by atoms with E-state index in [2.05, 4.69) is 5.32 Å². The monoisotopic (exact) mass is 241 g/mol. The number of rotatable bonds is 6. The first-order valence-electron chi connectivity index (χ1n) is 5.82. The molecule has 0 saturated carbocycles. The number of halogens is 1. The molecule has 4 heteroatoms. The van der Waals surface area contributed by atoms with Gasteiger partial charge in [-0.15, -0.1) is 0 Å². The van der Waals surface area contributed by atoms with Gasteiger partial charge >= 0.3 is 0 Å². The Hall–Kier alpha value is -1.13. The number of nitrogens with one attached hydrogen (secondary N) is 1. The number of benzene rings is 1. The van der Waals surface area contributed by atoms with Crippen molar-refractivity contribution in [1.29, 1.82) is 0 Å². The molecule has 0 radical (unpaired) electrons. The predicted molar refractivity (Wildman–Crippen MR) is 65.7 cm³/mol. The van der Waals surface area contributed by atoms with E-state index in [1.807, 2.05) is 13.8 Å². The average Bonchev–Trinajstić information content (AvgIpc) is 2.36. The van der Waals surface area contributed by atoms with Gasteiger partial charge in [0.1, 0.15) is 0 Å². The fourth-order valence-corrected chi connectivity index (χ4v) is 1.70. The summed E-state index contributed by atoms with van der Waals surface area (Å²) >= 11 is 0. The Bertz CT molecular complexity index is 353. The van der Waals surface area contributed by atoms with Crippen LogP contribution in [0.1, 0.15) is 31.9 Å². The van der Waals surface area contributed by atoms with Crippen LogP contribution in [-0.2, 0) is 0 Å². The SMILES string of the molecule is CC[C@H](CO)NC(C)c1ccc(F)c(OC)c1. The average molecular weight is 241 g/mol. The zero-order valence-corrected chi connectivity index (χ0v) is 10.5. The van der Waals surface area contributed by atoms with Crippen molar-refractivity contribution in [3.05, 3.63) is 29.6 Å². The fraction of sp³-hybridized carbons (Fsp3) is 0.538. The lowest BCUT2D eigenvalue weighted by Crippen LogP contribution is -2.33. The first-order valence-corrected chi connectivity index (χ1v) is 5.82. The standard InChI is InChI=1S/C13H20FNO2/c1-4-11(8-16)15-9(2)10-5-6-12(14)13(7-10)17-3/h5-7,9,11,15-16H,4,8H2,1-3H3/t9?,11-/m1/s1. The minimum Gasteiger partial charge on any atom is -0.494 e. The van der Waals surface area contributed by atoms with Crippen LogP contribution in [0.3, 0.4) is 0 Å². The van der Waals surface area contributed by atoms with Crippen LogP contribution in [0.2, 0.25) is 0 Å². The molecule has 3 nitrogen and oxygen atoms in total. The lowest BCUT2D eigenvalue weighted by atomic mass is 10.1. The molecule has 1 rings (SSSR count). The number of aliphatic hydroxyl groups is 1. The van der Waals surface area contributed by atoms with Gasteiger partial charge in [-0.1, -0.05) is 13.0 Å². The molecular formula is C13H20FNO2. The van der Waals surface area contributed by atoms with Gasteiger partial charge in [0.15, 0.2) is 11.6 Å². The Kier molecular flexibility index (Phi) is 5.38. The molecule has 1 aromatic carbocycles. The third-order valence-corrected chi connectivity index (χ3v) is 2.87. The van der Waals surface area contributed by atoms with Gasteiger partial charge in [0, 0.05) is 12.1 Å². The second-order valence-electron chi connectivity index (χ2n) is 4.07. The zero-order chi connectivity index (χ0) is 12.8. The molecule has 1 aromatic rings. The molecule has 0 aliphatic carbocycles. The maximum Gasteiger partial charge on any atom is 0.165 e. The van der Waals surface area contributed by atoms with Gasteiger partial charge in [-0.2, -0.15) is 0 Å². The molecule has 2 atom stereocenters. The van der Waals surface area contributed by atoms with Crippen LogP contribution in [0, 0.1) is 5.82 Å². The van der Waals surface area contributed by atoms with Crippen molar-refractivity contribution in [2.24, 2.45) is 0 Å². The van der Waals surface area contributed by atoms with E-state index in [1.54, 1.807) is 12.1 Å². The summed E-state index contributed by atoms with van der Waals surface area (Å²) in [7, 11) is 1.45. The van der Waals surface area contributed by atoms with Crippen LogP contribution in [0.25, 0.3) is 0 Å². The molecule has 0 heterocycles. The molecular weight excluding hydrogens is 221 g/mol. The van der Waals surface area contributed by atoms with Crippen molar-refractivity contribution < 1.29 is 14.2 Å². The molecule has 0 fully saturated rings. The first kappa shape index (κ1) is 13.9. The van der Waals surface area contributed by atoms with E-state index in [0.29, 0.717) is 0 Å². The van der Waals surface area contributed by atoms with Crippen molar-refractivity contribution >= 4 is 0 Å². The molecule has 0 aliphatic heterocycles. The summed E-state index contributed by atoms with van der Waals surface area (Å²) in [5, 5.41) is 12.4. The smallest absolute Gasteiger partial charge is 0.165 e. The van der Waals surface area contributed by atoms with E-state index in [1.165, 1.54) is 13.2 Å². The van der Waals surface area contributed by atoms with E-state index >= 15 is 0 Å². The molecule has 0 amide bonds. The Morgan fingerprint density at radius 3 is 2.71 bits per heavy atom. The largest absolute Gasteiger partial charge is 0.494 e. The van der Waals surface area contributed by atoms with Crippen molar-refractivity contribution in [3.8, 4) is 5.75 Å². The molecule has 0 bridgehead atoms. The summed E-state index contributed by atoms with van der Waals surface area (Å²) in [6.45, 7) is 4.08. The van der Waals surface area contributed by atoms with Crippen LogP contribution in [0.15, 0.2) is 18.2 Å². The Morgan fingerprint density at radius 1 is 1.47 bits per heavy atom. The van der Waals surface area contributed by atoms with Crippen LogP contribution >= 0.6 is 0 Å². The van der Waals surface area contributed by atoms with Crippen molar-refractivity contribution in [2.45, 2.75) is 32.4 Å². The van der Waals surface area contributed by atoms with Crippen LogP contribution in [0.4, 0.5) is 4.39 Å². The highest BCUT2D eigenvalue weighted by Crippen LogP contribution is 2.22. The highest BCUT2D eigenvalue weighted by molar-refractivity contribution is 5.31. The van der Waals surface area contributed by atoms with Gasteiger partial charge in [-0.3, -0.25) is 0 Å². The molecule has 0 spiro atoms. The van der Waals surface area contributed by atoms with E-state index in [0.717, 1.165) is 12.0 Å². The van der Waals surface area contributed by atoms with E-state index in [4.69, 9.17) is 9.84 Å². The highest BCUT2D eigenvalue weighted by atomic mass is 19.1. The maximum atomic E-state index is 13.2. The first-order chi connectivity index (χ1) is 8.12. The predicted octanol–water partition coefficient (Wildman–Crippen LogP) is 2.26. The summed E-state index contributed by atoms with van der Waals surface area (Å²) in [6, 6.07) is 4.89. The summed E-state index contributed by atoms with van der Waals surface area (Å²) in [6.07, 6.45) is 0.846. The third kappa shape index (κ3) is 3.68. The number of hydrogen-bond acceptors (Lipinski definition) is 3. The molecule has 17 heavy (non-hydrogen) atoms. The van der Waals surface area contributed by atoms with Crippen LogP contribution < -0.4 is 10.1 Å². The van der Waals surface area contributed by atoms with E-state index < -0.39 is 0 Å². The van der Waals surface area contributed by atoms with E-state index in [9.17, 15) is 4.39 Å². The normalized spacial score (nSPS) is 14.4. The van der Waals surface area contributed by atoms with Crippen LogP contribution in [0.5, 0.6) is 5.75 Å². The minimum absolute atomic E-state index is 0.0431. The van der Waals surface area contributed by atoms with Gasteiger partial charge in [-0.05, 0) is 31.0 Å². The highest BCUT2D eigenvalue weighted by Gasteiger charge is 2.13. The summed E-state index contributed by atoms with van der Waals surface area (Å²) in [5.74, 6) is -0.120. The Labute approximate surface area is 102 Å². The topological polar surface area (TPSA) is 41.5 Å². The second kappa shape index (κ2) is 6.57. The van der Waals surface area contributed by atoms with Gasteiger partial charge in [0.05, 0.1) is 13.7 Å². The summed E-state index contributed by atoms with van der Waals surface area (Å²) in [4.78, 5) is 0. The van der Waals surface area contributed by atoms with Gasteiger partial charge < -0.3 is 15.2 Å². The number of methoxy groups -OCH3 is 1. The zero-order valence-electron chi connectivity index (χ0n) is 10.5. The van der Waals surface area contributed by atoms with Crippen molar-refractivity contribution in [1.82, 2.24) is 5.32 Å². The molecule has 0 aliphatic rings. The lowest BCUT2D eigenvalue weighted by molar-refractivity contribution is 0.230. The van der Waals surface area contributed by atoms with Crippen LogP contribution in [-0.4, -0.2) is 24.9 Å². The molecule has 0 saturated heterocycles. The molecule has 2 N–H and O–H groups in total. The number of ether oxygens (including phenoxy) is 1. The van der Waals surface area contributed by atoms with Gasteiger partial charge in [0.25, 0.3) is 0 Å². The maximum absolute atomic E-state index is 13.2. The third-order valence-electron chi connectivity index (χ3n) is 2.87. The van der Waals surface area contributed by atoms with Crippen molar-refractivity contribution in [3.63, 3.8) is 0 Å². The number of hydrogen-bond donors (Lipinski definition) is 2. The second-order valence-corrected chi connectivity index (χ2v) is 4.07. The van der Waals surface area contributed by atoms with E-state index in [-0.39, 0.29) is 30.3 Å². The molecule has 1 unspecified atom stereocenters. The quantitative estimate of drug-likeness (QED) is 0.802. The van der Waals surface area contributed by atoms with Gasteiger partial charge in [-0.25, -0.2) is 4.39 Å². The summed E-state index contributed by atoms with van der Waals surface area (Å²) < 4.78 is 18.2. The lowest BCUT2D eigenvalue weighted by Gasteiger charge is -2.21. The molecule has 96 valence electrons. The van der Waals surface area contributed by atoms with Crippen molar-refractivity contribution in [2.75, 3.05) is 13.7 Å².